The van der Waals surface area contributed by atoms with Gasteiger partial charge in [0, 0.05) is 31.7 Å². The van der Waals surface area contributed by atoms with Crippen molar-refractivity contribution < 1.29 is 4.74 Å². The zero-order valence-corrected chi connectivity index (χ0v) is 12.5. The number of hydrogen-bond acceptors (Lipinski definition) is 5. The minimum Gasteiger partial charge on any atom is -0.384 e. The summed E-state index contributed by atoms with van der Waals surface area (Å²) < 4.78 is 7.22. The van der Waals surface area contributed by atoms with Crippen molar-refractivity contribution in [3.8, 4) is 0 Å². The Morgan fingerprint density at radius 3 is 3.00 bits per heavy atom. The van der Waals surface area contributed by atoms with Crippen LogP contribution >= 0.6 is 0 Å². The van der Waals surface area contributed by atoms with Gasteiger partial charge in [0.1, 0.15) is 0 Å². The monoisotopic (exact) mass is 280 g/mol. The van der Waals surface area contributed by atoms with Gasteiger partial charge in [-0.2, -0.15) is 5.10 Å². The highest BCUT2D eigenvalue weighted by molar-refractivity contribution is 5.38. The number of anilines is 1. The lowest BCUT2D eigenvalue weighted by molar-refractivity contribution is -0.0475. The first-order valence-corrected chi connectivity index (χ1v) is 7.27. The molecule has 0 aliphatic carbocycles. The van der Waals surface area contributed by atoms with Gasteiger partial charge in [0.15, 0.2) is 0 Å². The average molecular weight is 280 g/mol. The molecule has 1 aliphatic heterocycles. The molecule has 1 saturated heterocycles. The van der Waals surface area contributed by atoms with Crippen LogP contribution in [0.25, 0.3) is 0 Å². The molecular weight excluding hydrogens is 256 g/mol. The predicted octanol–water partition coefficient (Wildman–Crippen LogP) is 0.784. The molecule has 1 N–H and O–H groups in total. The molecule has 2 rings (SSSR count). The van der Waals surface area contributed by atoms with Crippen LogP contribution in [0.4, 0.5) is 5.69 Å². The van der Waals surface area contributed by atoms with Crippen molar-refractivity contribution in [1.29, 1.82) is 0 Å². The largest absolute Gasteiger partial charge is 0.384 e. The van der Waals surface area contributed by atoms with Crippen LogP contribution in [0.5, 0.6) is 0 Å². The summed E-state index contributed by atoms with van der Waals surface area (Å²) >= 11 is 0. The van der Waals surface area contributed by atoms with Gasteiger partial charge in [-0.3, -0.25) is 9.69 Å². The topological polar surface area (TPSA) is 59.4 Å². The van der Waals surface area contributed by atoms with Crippen LogP contribution in [0.2, 0.25) is 0 Å². The number of nitrogens with zero attached hydrogens (tertiary/aromatic N) is 3. The van der Waals surface area contributed by atoms with Gasteiger partial charge in [0.05, 0.1) is 31.1 Å². The summed E-state index contributed by atoms with van der Waals surface area (Å²) in [5, 5.41) is 7.29. The number of aromatic nitrogens is 2. The van der Waals surface area contributed by atoms with Crippen LogP contribution in [0.1, 0.15) is 20.8 Å². The lowest BCUT2D eigenvalue weighted by Gasteiger charge is -2.35. The molecule has 112 valence electrons. The Morgan fingerprint density at radius 2 is 2.35 bits per heavy atom. The third kappa shape index (κ3) is 3.80. The van der Waals surface area contributed by atoms with Crippen LogP contribution in [0, 0.1) is 0 Å². The zero-order valence-electron chi connectivity index (χ0n) is 12.5. The third-order valence-electron chi connectivity index (χ3n) is 3.53. The summed E-state index contributed by atoms with van der Waals surface area (Å²) in [5.41, 5.74) is 0.677. The summed E-state index contributed by atoms with van der Waals surface area (Å²) in [7, 11) is 0. The summed E-state index contributed by atoms with van der Waals surface area (Å²) in [5.74, 6) is 0. The van der Waals surface area contributed by atoms with Crippen molar-refractivity contribution in [2.75, 3.05) is 31.6 Å². The van der Waals surface area contributed by atoms with Crippen LogP contribution in [-0.2, 0) is 11.3 Å². The predicted molar refractivity (Wildman–Crippen MR) is 79.1 cm³/mol. The molecule has 6 heteroatoms. The Balaban J connectivity index is 2.01. The zero-order chi connectivity index (χ0) is 14.5. The molecule has 20 heavy (non-hydrogen) atoms. The van der Waals surface area contributed by atoms with Crippen LogP contribution < -0.4 is 10.9 Å². The van der Waals surface area contributed by atoms with Crippen LogP contribution in [0.3, 0.4) is 0 Å². The van der Waals surface area contributed by atoms with E-state index in [1.807, 2.05) is 6.92 Å². The Bertz CT molecular complexity index is 486. The molecule has 1 aromatic heterocycles. The van der Waals surface area contributed by atoms with Crippen molar-refractivity contribution in [2.45, 2.75) is 39.5 Å². The van der Waals surface area contributed by atoms with Crippen molar-refractivity contribution in [1.82, 2.24) is 14.7 Å². The maximum Gasteiger partial charge on any atom is 0.268 e. The molecule has 0 spiro atoms. The normalized spacial score (nSPS) is 20.3. The van der Waals surface area contributed by atoms with Gasteiger partial charge in [-0.25, -0.2) is 4.68 Å². The number of ether oxygens (including phenoxy) is 1. The highest BCUT2D eigenvalue weighted by Crippen LogP contribution is 2.10. The minimum absolute atomic E-state index is 0.0290. The molecule has 0 aromatic carbocycles. The first-order valence-electron chi connectivity index (χ1n) is 7.27. The van der Waals surface area contributed by atoms with Crippen molar-refractivity contribution in [3.05, 3.63) is 22.6 Å². The van der Waals surface area contributed by atoms with Crippen LogP contribution in [0.15, 0.2) is 17.1 Å². The van der Waals surface area contributed by atoms with Gasteiger partial charge in [-0.1, -0.05) is 0 Å². The fraction of sp³-hybridized carbons (Fsp3) is 0.714. The molecule has 1 aromatic rings. The lowest BCUT2D eigenvalue weighted by Crippen LogP contribution is -2.48. The second kappa shape index (κ2) is 6.85. The first kappa shape index (κ1) is 15.0. The lowest BCUT2D eigenvalue weighted by atomic mass is 10.2. The van der Waals surface area contributed by atoms with E-state index in [4.69, 9.17) is 4.74 Å². The molecule has 0 bridgehead atoms. The summed E-state index contributed by atoms with van der Waals surface area (Å²) in [6.07, 6.45) is 1.72. The molecule has 1 unspecified atom stereocenters. The molecule has 0 amide bonds. The molecule has 1 aliphatic rings. The molecule has 0 radical (unpaired) electrons. The van der Waals surface area contributed by atoms with E-state index in [-0.39, 0.29) is 11.7 Å². The molecule has 1 atom stereocenters. The average Bonchev–Trinajstić information content (AvgIpc) is 2.42. The first-order chi connectivity index (χ1) is 9.60. The van der Waals surface area contributed by atoms with Gasteiger partial charge >= 0.3 is 0 Å². The van der Waals surface area contributed by atoms with E-state index in [1.54, 1.807) is 12.3 Å². The van der Waals surface area contributed by atoms with E-state index in [1.165, 1.54) is 4.68 Å². The number of rotatable bonds is 5. The van der Waals surface area contributed by atoms with Crippen molar-refractivity contribution in [2.24, 2.45) is 0 Å². The second-order valence-electron chi connectivity index (χ2n) is 5.38. The Kier molecular flexibility index (Phi) is 5.14. The molecular formula is C14H24N4O2. The maximum atomic E-state index is 12.0. The smallest absolute Gasteiger partial charge is 0.268 e. The summed E-state index contributed by atoms with van der Waals surface area (Å²) in [4.78, 5) is 14.4. The van der Waals surface area contributed by atoms with Gasteiger partial charge in [0.2, 0.25) is 0 Å². The quantitative estimate of drug-likeness (QED) is 0.864. The fourth-order valence-corrected chi connectivity index (χ4v) is 2.39. The molecule has 6 nitrogen and oxygen atoms in total. The van der Waals surface area contributed by atoms with Crippen molar-refractivity contribution in [3.63, 3.8) is 0 Å². The number of morpholine rings is 1. The van der Waals surface area contributed by atoms with Gasteiger partial charge < -0.3 is 10.1 Å². The van der Waals surface area contributed by atoms with Crippen molar-refractivity contribution >= 4 is 5.69 Å². The van der Waals surface area contributed by atoms with Crippen LogP contribution in [-0.4, -0.2) is 53.1 Å². The summed E-state index contributed by atoms with van der Waals surface area (Å²) in [6, 6.07) is 2.08. The van der Waals surface area contributed by atoms with E-state index >= 15 is 0 Å². The van der Waals surface area contributed by atoms with E-state index in [2.05, 4.69) is 29.2 Å². The Labute approximate surface area is 119 Å². The van der Waals surface area contributed by atoms with E-state index < -0.39 is 0 Å². The van der Waals surface area contributed by atoms with Gasteiger partial charge in [-0.05, 0) is 20.8 Å². The summed E-state index contributed by atoms with van der Waals surface area (Å²) in [6.45, 7) is 10.1. The van der Waals surface area contributed by atoms with Gasteiger partial charge in [0.25, 0.3) is 5.56 Å². The van der Waals surface area contributed by atoms with E-state index in [0.29, 0.717) is 19.2 Å². The van der Waals surface area contributed by atoms with E-state index in [0.717, 1.165) is 25.3 Å². The highest BCUT2D eigenvalue weighted by atomic mass is 16.5. The standard InChI is InChI=1S/C14H24N4O2/c1-4-15-12-7-14(19)18(16-8-12)10-13-9-17(11(2)3)5-6-20-13/h7-8,11,13,15H,4-6,9-10H2,1-3H3. The van der Waals surface area contributed by atoms with E-state index in [9.17, 15) is 4.79 Å². The highest BCUT2D eigenvalue weighted by Gasteiger charge is 2.23. The molecule has 1 fully saturated rings. The number of nitrogens with one attached hydrogen (secondary N) is 1. The van der Waals surface area contributed by atoms with Gasteiger partial charge in [-0.15, -0.1) is 0 Å². The molecule has 0 saturated carbocycles. The third-order valence-corrected chi connectivity index (χ3v) is 3.53. The SMILES string of the molecule is CCNc1cnn(CC2CN(C(C)C)CCO2)c(=O)c1. The fourth-order valence-electron chi connectivity index (χ4n) is 2.39. The molecule has 2 heterocycles. The Morgan fingerprint density at radius 1 is 1.55 bits per heavy atom. The minimum atomic E-state index is -0.0891. The number of hydrogen-bond donors (Lipinski definition) is 1. The Hall–Kier alpha value is -1.40. The maximum absolute atomic E-state index is 12.0. The second-order valence-corrected chi connectivity index (χ2v) is 5.38.